The first-order valence-corrected chi connectivity index (χ1v) is 17.2. The summed E-state index contributed by atoms with van der Waals surface area (Å²) in [7, 11) is 3.75. The van der Waals surface area contributed by atoms with Crippen LogP contribution in [0.5, 0.6) is 5.75 Å². The maximum Gasteiger partial charge on any atom is 0.223 e. The summed E-state index contributed by atoms with van der Waals surface area (Å²) in [5.41, 5.74) is 13.1. The van der Waals surface area contributed by atoms with Crippen molar-refractivity contribution in [2.24, 2.45) is 17.4 Å². The zero-order valence-corrected chi connectivity index (χ0v) is 29.0. The summed E-state index contributed by atoms with van der Waals surface area (Å²) in [4.78, 5) is 22.9. The summed E-state index contributed by atoms with van der Waals surface area (Å²) < 4.78 is 36.2. The standard InChI is InChI=1S/C24H18ClF2NO2.C12H24N2O.C2H7N/c1-2-13-8-9-15(18(28)12-29)22(24(13)27)21-16-10-19(14-6-4-3-5-7-14)30-20(16)11-17(26)23(21)25;13-9-5-2-6-10-14-12(15)11-7-3-1-4-8-11;1-3-2/h3-9,11,19H,2,10,28H2,1H3;11H,1-10,13H2,(H,14,15);3H,1-2H3. The van der Waals surface area contributed by atoms with Crippen molar-refractivity contribution in [1.82, 2.24) is 10.6 Å². The molecule has 0 saturated heterocycles. The van der Waals surface area contributed by atoms with E-state index in [1.165, 1.54) is 31.4 Å². The Morgan fingerprint density at radius 2 is 1.71 bits per heavy atom. The smallest absolute Gasteiger partial charge is 0.223 e. The molecule has 5 rings (SSSR count). The van der Waals surface area contributed by atoms with E-state index in [9.17, 15) is 14.0 Å². The Kier molecular flexibility index (Phi) is 16.1. The molecule has 1 amide bonds. The minimum atomic E-state index is -0.736. The molecular formula is C38H49ClF2N4O3. The van der Waals surface area contributed by atoms with Crippen LogP contribution in [0.15, 0.2) is 48.5 Å². The van der Waals surface area contributed by atoms with Crippen molar-refractivity contribution in [3.63, 3.8) is 0 Å². The number of aryl methyl sites for hydroxylation is 1. The Morgan fingerprint density at radius 1 is 1.02 bits per heavy atom. The molecule has 6 N–H and O–H groups in total. The first kappa shape index (κ1) is 38.7. The molecule has 10 heteroatoms. The number of unbranched alkanes of at least 4 members (excludes halogenated alkanes) is 2. The van der Waals surface area contributed by atoms with Crippen molar-refractivity contribution in [1.29, 1.82) is 0 Å². The van der Waals surface area contributed by atoms with Crippen molar-refractivity contribution in [2.45, 2.75) is 77.2 Å². The molecule has 0 radical (unpaired) electrons. The number of halogens is 3. The van der Waals surface area contributed by atoms with Gasteiger partial charge in [0.05, 0.1) is 5.02 Å². The van der Waals surface area contributed by atoms with Crippen molar-refractivity contribution >= 4 is 29.1 Å². The van der Waals surface area contributed by atoms with Crippen LogP contribution in [0.2, 0.25) is 5.02 Å². The zero-order chi connectivity index (χ0) is 35.1. The number of carbonyl (C=O) groups is 1. The maximum absolute atomic E-state index is 15.5. The van der Waals surface area contributed by atoms with Gasteiger partial charge in [0, 0.05) is 47.2 Å². The van der Waals surface area contributed by atoms with Gasteiger partial charge < -0.3 is 26.8 Å². The lowest BCUT2D eigenvalue weighted by molar-refractivity contribution is -0.125. The van der Waals surface area contributed by atoms with Crippen LogP contribution in [-0.4, -0.2) is 39.0 Å². The van der Waals surface area contributed by atoms with Gasteiger partial charge in [0.15, 0.2) is 5.94 Å². The van der Waals surface area contributed by atoms with Gasteiger partial charge in [-0.05, 0) is 63.9 Å². The Balaban J connectivity index is 0.000000292. The Hall–Kier alpha value is -3.75. The largest absolute Gasteiger partial charge is 0.485 e. The zero-order valence-electron chi connectivity index (χ0n) is 28.3. The van der Waals surface area contributed by atoms with Crippen molar-refractivity contribution in [3.8, 4) is 16.9 Å². The third-order valence-corrected chi connectivity index (χ3v) is 8.89. The number of amides is 1. The number of hydrogen-bond donors (Lipinski definition) is 4. The molecule has 1 aliphatic heterocycles. The molecule has 2 aliphatic rings. The normalized spacial score (nSPS) is 15.1. The van der Waals surface area contributed by atoms with Crippen molar-refractivity contribution in [2.75, 3.05) is 27.2 Å². The highest BCUT2D eigenvalue weighted by molar-refractivity contribution is 6.34. The monoisotopic (exact) mass is 682 g/mol. The van der Waals surface area contributed by atoms with Crippen LogP contribution >= 0.6 is 11.6 Å². The summed E-state index contributed by atoms with van der Waals surface area (Å²) >= 11 is 6.35. The van der Waals surface area contributed by atoms with Gasteiger partial charge in [-0.3, -0.25) is 4.79 Å². The van der Waals surface area contributed by atoms with Crippen LogP contribution in [0.25, 0.3) is 16.8 Å². The van der Waals surface area contributed by atoms with Gasteiger partial charge in [-0.1, -0.05) is 86.7 Å². The molecule has 1 aliphatic carbocycles. The maximum atomic E-state index is 15.5. The van der Waals surface area contributed by atoms with Crippen LogP contribution < -0.4 is 26.8 Å². The fraction of sp³-hybridized carbons (Fsp3) is 0.447. The molecule has 260 valence electrons. The SMILES string of the molecule is CCc1ccc(C(N)=C=O)c(-c2c(Cl)c(F)cc3c2CC(c2ccccc2)O3)c1F.CNC.NCCCCCNC(=O)C1CCCCC1. The number of fused-ring (bicyclic) bond motifs is 1. The van der Waals surface area contributed by atoms with E-state index < -0.39 is 11.6 Å². The van der Waals surface area contributed by atoms with Gasteiger partial charge in [-0.25, -0.2) is 13.6 Å². The summed E-state index contributed by atoms with van der Waals surface area (Å²) in [5.74, 6) is 1.15. The van der Waals surface area contributed by atoms with E-state index >= 15 is 4.39 Å². The number of hydrogen-bond acceptors (Lipinski definition) is 6. The third kappa shape index (κ3) is 10.1. The first-order chi connectivity index (χ1) is 23.2. The number of nitrogens with two attached hydrogens (primary N) is 2. The van der Waals surface area contributed by atoms with E-state index in [0.29, 0.717) is 35.6 Å². The van der Waals surface area contributed by atoms with Gasteiger partial charge in [0.2, 0.25) is 5.91 Å². The molecule has 1 fully saturated rings. The number of nitrogens with one attached hydrogen (secondary N) is 2. The lowest BCUT2D eigenvalue weighted by Crippen LogP contribution is -2.32. The molecular weight excluding hydrogens is 634 g/mol. The molecule has 3 aromatic rings. The van der Waals surface area contributed by atoms with Crippen LogP contribution in [0, 0.1) is 17.6 Å². The number of benzene rings is 3. The highest BCUT2D eigenvalue weighted by Gasteiger charge is 2.33. The number of carbonyl (C=O) groups excluding carboxylic acids is 2. The van der Waals surface area contributed by atoms with Gasteiger partial charge in [0.25, 0.3) is 0 Å². The molecule has 48 heavy (non-hydrogen) atoms. The molecule has 1 heterocycles. The fourth-order valence-corrected chi connectivity index (χ4v) is 6.29. The van der Waals surface area contributed by atoms with E-state index in [1.807, 2.05) is 44.4 Å². The molecule has 1 atom stereocenters. The molecule has 0 aromatic heterocycles. The van der Waals surface area contributed by atoms with E-state index in [2.05, 4.69) is 10.6 Å². The topological polar surface area (TPSA) is 119 Å². The molecule has 0 bridgehead atoms. The van der Waals surface area contributed by atoms with Crippen LogP contribution in [0.1, 0.15) is 86.6 Å². The number of ether oxygens (including phenoxy) is 1. The first-order valence-electron chi connectivity index (χ1n) is 16.8. The van der Waals surface area contributed by atoms with Crippen LogP contribution in [-0.2, 0) is 22.4 Å². The van der Waals surface area contributed by atoms with Gasteiger partial charge in [0.1, 0.15) is 29.2 Å². The van der Waals surface area contributed by atoms with E-state index in [0.717, 1.165) is 50.8 Å². The van der Waals surface area contributed by atoms with E-state index in [1.54, 1.807) is 18.9 Å². The van der Waals surface area contributed by atoms with Gasteiger partial charge >= 0.3 is 0 Å². The second-order valence-corrected chi connectivity index (χ2v) is 12.4. The van der Waals surface area contributed by atoms with Gasteiger partial charge in [-0.2, -0.15) is 0 Å². The second-order valence-electron chi connectivity index (χ2n) is 12.1. The summed E-state index contributed by atoms with van der Waals surface area (Å²) in [6.07, 6.45) is 9.62. The average molecular weight is 683 g/mol. The molecule has 7 nitrogen and oxygen atoms in total. The Bertz CT molecular complexity index is 1540. The van der Waals surface area contributed by atoms with Crippen molar-refractivity contribution < 1.29 is 23.1 Å². The van der Waals surface area contributed by atoms with Crippen molar-refractivity contribution in [3.05, 3.63) is 87.4 Å². The Labute approximate surface area is 288 Å². The lowest BCUT2D eigenvalue weighted by Gasteiger charge is -2.20. The quantitative estimate of drug-likeness (QED) is 0.132. The van der Waals surface area contributed by atoms with E-state index in [4.69, 9.17) is 27.8 Å². The fourth-order valence-electron chi connectivity index (χ4n) is 6.03. The minimum Gasteiger partial charge on any atom is -0.485 e. The van der Waals surface area contributed by atoms with Crippen LogP contribution in [0.4, 0.5) is 8.78 Å². The summed E-state index contributed by atoms with van der Waals surface area (Å²) in [6, 6.07) is 13.8. The third-order valence-electron chi connectivity index (χ3n) is 8.53. The molecule has 3 aromatic carbocycles. The van der Waals surface area contributed by atoms with Crippen LogP contribution in [0.3, 0.4) is 0 Å². The highest BCUT2D eigenvalue weighted by atomic mass is 35.5. The molecule has 1 unspecified atom stereocenters. The predicted molar refractivity (Wildman–Crippen MR) is 190 cm³/mol. The highest BCUT2D eigenvalue weighted by Crippen LogP contribution is 2.48. The molecule has 0 spiro atoms. The second kappa shape index (κ2) is 19.9. The molecule has 1 saturated carbocycles. The summed E-state index contributed by atoms with van der Waals surface area (Å²) in [6.45, 7) is 3.39. The van der Waals surface area contributed by atoms with Gasteiger partial charge in [-0.15, -0.1) is 0 Å². The predicted octanol–water partition coefficient (Wildman–Crippen LogP) is 7.30. The number of rotatable bonds is 10. The average Bonchev–Trinajstić information content (AvgIpc) is 3.53. The van der Waals surface area contributed by atoms with E-state index in [-0.39, 0.29) is 39.4 Å². The Morgan fingerprint density at radius 3 is 2.33 bits per heavy atom. The summed E-state index contributed by atoms with van der Waals surface area (Å²) in [5, 5.41) is 5.54. The lowest BCUT2D eigenvalue weighted by atomic mass is 9.89. The minimum absolute atomic E-state index is 0.00624.